The molecule has 7 heteroatoms. The van der Waals surface area contributed by atoms with Crippen LogP contribution in [-0.4, -0.2) is 18.4 Å². The van der Waals surface area contributed by atoms with Crippen LogP contribution in [0.15, 0.2) is 60.0 Å². The SMILES string of the molecule is CCOc1ccccc1NC(=O)c1ccc(Cl)c(NC(=O)Cc2cccs2)c1. The van der Waals surface area contributed by atoms with Gasteiger partial charge in [0.25, 0.3) is 5.91 Å². The lowest BCUT2D eigenvalue weighted by Gasteiger charge is -2.12. The van der Waals surface area contributed by atoms with Crippen molar-refractivity contribution in [3.8, 4) is 5.75 Å². The number of halogens is 1. The Balaban J connectivity index is 1.73. The van der Waals surface area contributed by atoms with Gasteiger partial charge in [0.05, 0.1) is 29.4 Å². The monoisotopic (exact) mass is 414 g/mol. The maximum Gasteiger partial charge on any atom is 0.255 e. The number of hydrogen-bond donors (Lipinski definition) is 2. The van der Waals surface area contributed by atoms with Crippen molar-refractivity contribution in [1.29, 1.82) is 0 Å². The molecular formula is C21H19ClN2O3S. The zero-order chi connectivity index (χ0) is 19.9. The average molecular weight is 415 g/mol. The number of carbonyl (C=O) groups is 2. The highest BCUT2D eigenvalue weighted by atomic mass is 35.5. The van der Waals surface area contributed by atoms with Gasteiger partial charge in [-0.15, -0.1) is 11.3 Å². The molecule has 3 rings (SSSR count). The molecule has 28 heavy (non-hydrogen) atoms. The van der Waals surface area contributed by atoms with Gasteiger partial charge in [0.2, 0.25) is 5.91 Å². The minimum absolute atomic E-state index is 0.191. The molecule has 1 aromatic heterocycles. The van der Waals surface area contributed by atoms with Crippen molar-refractivity contribution in [2.75, 3.05) is 17.2 Å². The number of thiophene rings is 1. The summed E-state index contributed by atoms with van der Waals surface area (Å²) in [5.41, 5.74) is 1.35. The van der Waals surface area contributed by atoms with Crippen molar-refractivity contribution in [1.82, 2.24) is 0 Å². The molecule has 3 aromatic rings. The second-order valence-corrected chi connectivity index (χ2v) is 7.32. The highest BCUT2D eigenvalue weighted by Crippen LogP contribution is 2.27. The smallest absolute Gasteiger partial charge is 0.255 e. The first kappa shape index (κ1) is 19.9. The lowest BCUT2D eigenvalue weighted by atomic mass is 10.1. The van der Waals surface area contributed by atoms with Crippen LogP contribution in [0.4, 0.5) is 11.4 Å². The van der Waals surface area contributed by atoms with Crippen LogP contribution in [0.5, 0.6) is 5.75 Å². The first-order valence-corrected chi connectivity index (χ1v) is 9.97. The molecular weight excluding hydrogens is 396 g/mol. The predicted molar refractivity (Wildman–Crippen MR) is 114 cm³/mol. The maximum absolute atomic E-state index is 12.7. The van der Waals surface area contributed by atoms with Crippen LogP contribution < -0.4 is 15.4 Å². The summed E-state index contributed by atoms with van der Waals surface area (Å²) in [5.74, 6) is 0.0814. The zero-order valence-electron chi connectivity index (χ0n) is 15.2. The van der Waals surface area contributed by atoms with Gasteiger partial charge in [-0.1, -0.05) is 29.8 Å². The van der Waals surface area contributed by atoms with Crippen molar-refractivity contribution in [3.63, 3.8) is 0 Å². The van der Waals surface area contributed by atoms with Crippen molar-refractivity contribution in [2.24, 2.45) is 0 Å². The van der Waals surface area contributed by atoms with Gasteiger partial charge in [-0.3, -0.25) is 9.59 Å². The van der Waals surface area contributed by atoms with E-state index < -0.39 is 0 Å². The Labute approximate surface area is 172 Å². The zero-order valence-corrected chi connectivity index (χ0v) is 16.8. The minimum atomic E-state index is -0.322. The molecule has 0 atom stereocenters. The summed E-state index contributed by atoms with van der Waals surface area (Å²) in [6, 6.07) is 15.8. The van der Waals surface area contributed by atoms with E-state index in [2.05, 4.69) is 10.6 Å². The molecule has 2 N–H and O–H groups in total. The molecule has 2 aromatic carbocycles. The summed E-state index contributed by atoms with van der Waals surface area (Å²) in [6.07, 6.45) is 0.256. The molecule has 0 unspecified atom stereocenters. The summed E-state index contributed by atoms with van der Waals surface area (Å²) in [5, 5.41) is 7.88. The number of benzene rings is 2. The molecule has 0 aliphatic heterocycles. The Morgan fingerprint density at radius 1 is 1.04 bits per heavy atom. The van der Waals surface area contributed by atoms with Crippen molar-refractivity contribution >= 4 is 46.1 Å². The molecule has 0 aliphatic rings. The number of para-hydroxylation sites is 2. The Hall–Kier alpha value is -2.83. The fourth-order valence-electron chi connectivity index (χ4n) is 2.57. The third kappa shape index (κ3) is 5.12. The van der Waals surface area contributed by atoms with Gasteiger partial charge in [0.15, 0.2) is 0 Å². The van der Waals surface area contributed by atoms with Gasteiger partial charge in [0.1, 0.15) is 5.75 Å². The quantitative estimate of drug-likeness (QED) is 0.556. The van der Waals surface area contributed by atoms with E-state index in [1.54, 1.807) is 30.3 Å². The topological polar surface area (TPSA) is 67.4 Å². The van der Waals surface area contributed by atoms with E-state index in [-0.39, 0.29) is 18.2 Å². The summed E-state index contributed by atoms with van der Waals surface area (Å²) >= 11 is 7.70. The molecule has 0 saturated carbocycles. The highest BCUT2D eigenvalue weighted by molar-refractivity contribution is 7.10. The van der Waals surface area contributed by atoms with Gasteiger partial charge in [0, 0.05) is 10.4 Å². The highest BCUT2D eigenvalue weighted by Gasteiger charge is 2.13. The number of anilines is 2. The predicted octanol–water partition coefficient (Wildman–Crippen LogP) is 5.23. The summed E-state index contributed by atoms with van der Waals surface area (Å²) in [7, 11) is 0. The van der Waals surface area contributed by atoms with E-state index >= 15 is 0 Å². The van der Waals surface area contributed by atoms with Crippen LogP contribution in [0, 0.1) is 0 Å². The first-order chi connectivity index (χ1) is 13.6. The first-order valence-electron chi connectivity index (χ1n) is 8.71. The van der Waals surface area contributed by atoms with E-state index in [1.807, 2.05) is 36.6 Å². The van der Waals surface area contributed by atoms with Crippen LogP contribution >= 0.6 is 22.9 Å². The number of hydrogen-bond acceptors (Lipinski definition) is 4. The molecule has 1 heterocycles. The van der Waals surface area contributed by atoms with E-state index in [4.69, 9.17) is 16.3 Å². The normalized spacial score (nSPS) is 10.4. The van der Waals surface area contributed by atoms with Crippen LogP contribution in [0.2, 0.25) is 5.02 Å². The number of nitrogens with one attached hydrogen (secondary N) is 2. The minimum Gasteiger partial charge on any atom is -0.492 e. The average Bonchev–Trinajstić information content (AvgIpc) is 3.18. The largest absolute Gasteiger partial charge is 0.492 e. The van der Waals surface area contributed by atoms with Crippen molar-refractivity contribution < 1.29 is 14.3 Å². The summed E-state index contributed by atoms with van der Waals surface area (Å²) in [4.78, 5) is 25.8. The Morgan fingerprint density at radius 2 is 1.86 bits per heavy atom. The van der Waals surface area contributed by atoms with Gasteiger partial charge in [-0.25, -0.2) is 0 Å². The molecule has 0 radical (unpaired) electrons. The summed E-state index contributed by atoms with van der Waals surface area (Å²) < 4.78 is 5.53. The molecule has 2 amide bonds. The molecule has 0 fully saturated rings. The van der Waals surface area contributed by atoms with Gasteiger partial charge >= 0.3 is 0 Å². The Bertz CT molecular complexity index is 974. The van der Waals surface area contributed by atoms with Gasteiger partial charge in [-0.2, -0.15) is 0 Å². The summed E-state index contributed by atoms with van der Waals surface area (Å²) in [6.45, 7) is 2.37. The van der Waals surface area contributed by atoms with Crippen LogP contribution in [0.1, 0.15) is 22.2 Å². The van der Waals surface area contributed by atoms with E-state index in [9.17, 15) is 9.59 Å². The number of ether oxygens (including phenoxy) is 1. The van der Waals surface area contributed by atoms with Gasteiger partial charge in [-0.05, 0) is 48.7 Å². The molecule has 144 valence electrons. The number of amides is 2. The molecule has 0 bridgehead atoms. The fourth-order valence-corrected chi connectivity index (χ4v) is 3.44. The number of rotatable bonds is 7. The van der Waals surface area contributed by atoms with Crippen LogP contribution in [-0.2, 0) is 11.2 Å². The fraction of sp³-hybridized carbons (Fsp3) is 0.143. The van der Waals surface area contributed by atoms with E-state index in [0.29, 0.717) is 34.3 Å². The molecule has 0 saturated heterocycles. The molecule has 0 aliphatic carbocycles. The van der Waals surface area contributed by atoms with Crippen molar-refractivity contribution in [2.45, 2.75) is 13.3 Å². The molecule has 0 spiro atoms. The maximum atomic E-state index is 12.7. The lowest BCUT2D eigenvalue weighted by Crippen LogP contribution is -2.16. The van der Waals surface area contributed by atoms with E-state index in [0.717, 1.165) is 4.88 Å². The van der Waals surface area contributed by atoms with E-state index in [1.165, 1.54) is 11.3 Å². The second-order valence-electron chi connectivity index (χ2n) is 5.88. The second kappa shape index (κ2) is 9.39. The van der Waals surface area contributed by atoms with Gasteiger partial charge < -0.3 is 15.4 Å². The third-order valence-electron chi connectivity index (χ3n) is 3.85. The Morgan fingerprint density at radius 3 is 2.61 bits per heavy atom. The molecule has 5 nitrogen and oxygen atoms in total. The van der Waals surface area contributed by atoms with Crippen LogP contribution in [0.25, 0.3) is 0 Å². The number of carbonyl (C=O) groups excluding carboxylic acids is 2. The van der Waals surface area contributed by atoms with Crippen molar-refractivity contribution in [3.05, 3.63) is 75.4 Å². The third-order valence-corrected chi connectivity index (χ3v) is 5.06. The lowest BCUT2D eigenvalue weighted by molar-refractivity contribution is -0.115. The standard InChI is InChI=1S/C21H19ClN2O3S/c1-2-27-19-8-4-3-7-17(19)24-21(26)14-9-10-16(22)18(12-14)23-20(25)13-15-6-5-11-28-15/h3-12H,2,13H2,1H3,(H,23,25)(H,24,26). The Kier molecular flexibility index (Phi) is 6.68. The van der Waals surface area contributed by atoms with Crippen LogP contribution in [0.3, 0.4) is 0 Å².